The smallest absolute Gasteiger partial charge is 0.145 e. The van der Waals surface area contributed by atoms with Crippen LogP contribution in [0, 0.1) is 0 Å². The van der Waals surface area contributed by atoms with Crippen LogP contribution in [0.2, 0.25) is 0 Å². The Morgan fingerprint density at radius 2 is 1.67 bits per heavy atom. The molecule has 0 saturated heterocycles. The molecule has 0 aromatic heterocycles. The highest BCUT2D eigenvalue weighted by Gasteiger charge is 2.30. The Bertz CT molecular complexity index is 1190. The second kappa shape index (κ2) is 6.33. The van der Waals surface area contributed by atoms with Gasteiger partial charge < -0.3 is 5.73 Å². The second-order valence-corrected chi connectivity index (χ2v) is 7.36. The minimum atomic E-state index is -0.184. The predicted octanol–water partition coefficient (Wildman–Crippen LogP) is 5.10. The lowest BCUT2D eigenvalue weighted by atomic mass is 9.76. The number of Topliss-reactive ketones (excluding diaryl/α,β-unsaturated/α-hetero) is 1. The largest absolute Gasteiger partial charge is 0.326 e. The molecule has 0 spiro atoms. The molecule has 4 aromatic rings. The molecular formula is C25H21NO. The van der Waals surface area contributed by atoms with E-state index >= 15 is 0 Å². The van der Waals surface area contributed by atoms with Gasteiger partial charge in [-0.05, 0) is 50.2 Å². The predicted molar refractivity (Wildman–Crippen MR) is 111 cm³/mol. The van der Waals surface area contributed by atoms with Gasteiger partial charge in [0.1, 0.15) is 5.78 Å². The lowest BCUT2D eigenvalue weighted by Gasteiger charge is -2.27. The molecule has 2 nitrogen and oxygen atoms in total. The number of rotatable bonds is 2. The van der Waals surface area contributed by atoms with Gasteiger partial charge in [0.25, 0.3) is 0 Å². The summed E-state index contributed by atoms with van der Waals surface area (Å²) in [6.07, 6.45) is 1.41. The van der Waals surface area contributed by atoms with E-state index in [1.807, 2.05) is 12.1 Å². The summed E-state index contributed by atoms with van der Waals surface area (Å²) in [6.45, 7) is 0.491. The van der Waals surface area contributed by atoms with Gasteiger partial charge in [-0.1, -0.05) is 72.8 Å². The van der Waals surface area contributed by atoms with E-state index in [0.717, 1.165) is 23.1 Å². The van der Waals surface area contributed by atoms with Crippen molar-refractivity contribution in [2.24, 2.45) is 5.73 Å². The fraction of sp³-hybridized carbons (Fsp3) is 0.160. The van der Waals surface area contributed by atoms with Crippen LogP contribution in [0.25, 0.3) is 21.5 Å². The molecule has 0 bridgehead atoms. The highest BCUT2D eigenvalue weighted by Crippen LogP contribution is 2.39. The molecule has 0 radical (unpaired) electrons. The minimum absolute atomic E-state index is 0.184. The second-order valence-electron chi connectivity index (χ2n) is 7.36. The van der Waals surface area contributed by atoms with Crippen molar-refractivity contribution in [3.05, 3.63) is 95.1 Å². The molecule has 0 fully saturated rings. The van der Waals surface area contributed by atoms with Crippen molar-refractivity contribution >= 4 is 27.3 Å². The van der Waals surface area contributed by atoms with E-state index in [4.69, 9.17) is 5.73 Å². The van der Waals surface area contributed by atoms with E-state index in [1.165, 1.54) is 27.1 Å². The van der Waals surface area contributed by atoms with E-state index in [9.17, 15) is 4.79 Å². The number of hydrogen-bond donors (Lipinski definition) is 1. The van der Waals surface area contributed by atoms with E-state index in [2.05, 4.69) is 60.7 Å². The molecule has 1 aliphatic carbocycles. The van der Waals surface area contributed by atoms with Gasteiger partial charge in [0.2, 0.25) is 0 Å². The van der Waals surface area contributed by atoms with E-state index in [0.29, 0.717) is 18.7 Å². The number of carbonyl (C=O) groups is 1. The molecule has 1 aliphatic rings. The number of aryl methyl sites for hydroxylation is 1. The summed E-state index contributed by atoms with van der Waals surface area (Å²) in [5, 5.41) is 5.08. The summed E-state index contributed by atoms with van der Waals surface area (Å²) in [5.41, 5.74) is 10.4. The van der Waals surface area contributed by atoms with Gasteiger partial charge in [-0.3, -0.25) is 4.79 Å². The molecular weight excluding hydrogens is 330 g/mol. The van der Waals surface area contributed by atoms with Crippen LogP contribution in [-0.4, -0.2) is 5.78 Å². The average Bonchev–Trinajstić information content (AvgIpc) is 2.73. The van der Waals surface area contributed by atoms with E-state index < -0.39 is 0 Å². The number of benzene rings is 4. The number of hydrogen-bond acceptors (Lipinski definition) is 2. The van der Waals surface area contributed by atoms with Crippen molar-refractivity contribution in [3.63, 3.8) is 0 Å². The molecule has 0 aliphatic heterocycles. The fourth-order valence-electron chi connectivity index (χ4n) is 4.55. The van der Waals surface area contributed by atoms with Crippen LogP contribution < -0.4 is 5.73 Å². The first-order valence-corrected chi connectivity index (χ1v) is 9.51. The zero-order chi connectivity index (χ0) is 18.4. The number of fused-ring (bicyclic) bond motifs is 5. The van der Waals surface area contributed by atoms with Crippen LogP contribution in [0.1, 0.15) is 34.6 Å². The monoisotopic (exact) mass is 351 g/mol. The number of nitrogens with two attached hydrogens (primary N) is 1. The summed E-state index contributed by atoms with van der Waals surface area (Å²) in [5.74, 6) is 0.118. The molecule has 2 heteroatoms. The number of carbonyl (C=O) groups excluding carboxylic acids is 1. The van der Waals surface area contributed by atoms with Gasteiger partial charge >= 0.3 is 0 Å². The van der Waals surface area contributed by atoms with Crippen molar-refractivity contribution in [1.29, 1.82) is 0 Å². The maximum absolute atomic E-state index is 12.9. The first kappa shape index (κ1) is 16.2. The third-order valence-electron chi connectivity index (χ3n) is 5.85. The van der Waals surface area contributed by atoms with Gasteiger partial charge in [-0.15, -0.1) is 0 Å². The summed E-state index contributed by atoms with van der Waals surface area (Å²) in [4.78, 5) is 12.9. The van der Waals surface area contributed by atoms with Crippen molar-refractivity contribution in [3.8, 4) is 0 Å². The maximum atomic E-state index is 12.9. The molecule has 4 aromatic carbocycles. The first-order valence-electron chi connectivity index (χ1n) is 9.51. The molecule has 0 saturated carbocycles. The highest BCUT2D eigenvalue weighted by atomic mass is 16.1. The summed E-state index contributed by atoms with van der Waals surface area (Å²) in [7, 11) is 0. The topological polar surface area (TPSA) is 43.1 Å². The van der Waals surface area contributed by atoms with Crippen LogP contribution in [0.5, 0.6) is 0 Å². The molecule has 0 heterocycles. The average molecular weight is 351 g/mol. The van der Waals surface area contributed by atoms with Gasteiger partial charge in [0.15, 0.2) is 0 Å². The Morgan fingerprint density at radius 3 is 2.56 bits per heavy atom. The molecule has 0 amide bonds. The van der Waals surface area contributed by atoms with Crippen molar-refractivity contribution in [2.75, 3.05) is 0 Å². The van der Waals surface area contributed by atoms with Crippen molar-refractivity contribution < 1.29 is 4.79 Å². The van der Waals surface area contributed by atoms with Crippen LogP contribution >= 0.6 is 0 Å². The summed E-state index contributed by atoms with van der Waals surface area (Å²) in [6, 6.07) is 25.4. The molecule has 2 N–H and O–H groups in total. The molecule has 5 rings (SSSR count). The standard InChI is InChI=1S/C25H21NO/c26-15-16-4-3-6-18(14-16)25-23-11-10-20-19-7-2-1-5-17(19)8-9-21(20)22(23)12-13-24(25)27/h1-11,14,25H,12-13,15,26H2. The van der Waals surface area contributed by atoms with Crippen LogP contribution in [0.3, 0.4) is 0 Å². The van der Waals surface area contributed by atoms with Crippen molar-refractivity contribution in [1.82, 2.24) is 0 Å². The fourth-order valence-corrected chi connectivity index (χ4v) is 4.55. The lowest BCUT2D eigenvalue weighted by Crippen LogP contribution is -2.22. The zero-order valence-corrected chi connectivity index (χ0v) is 15.1. The van der Waals surface area contributed by atoms with E-state index in [-0.39, 0.29) is 5.92 Å². The zero-order valence-electron chi connectivity index (χ0n) is 15.1. The molecule has 1 atom stereocenters. The lowest BCUT2D eigenvalue weighted by molar-refractivity contribution is -0.120. The van der Waals surface area contributed by atoms with Gasteiger partial charge in [0.05, 0.1) is 5.92 Å². The normalized spacial score (nSPS) is 16.6. The maximum Gasteiger partial charge on any atom is 0.145 e. The molecule has 132 valence electrons. The van der Waals surface area contributed by atoms with Crippen molar-refractivity contribution in [2.45, 2.75) is 25.3 Å². The Labute approximate surface area is 158 Å². The number of ketones is 1. The summed E-state index contributed by atoms with van der Waals surface area (Å²) < 4.78 is 0. The van der Waals surface area contributed by atoms with Crippen LogP contribution in [-0.2, 0) is 17.8 Å². The minimum Gasteiger partial charge on any atom is -0.326 e. The Hall–Kier alpha value is -2.97. The molecule has 27 heavy (non-hydrogen) atoms. The SMILES string of the molecule is NCc1cccc(C2C(=O)CCc3c2ccc2c3ccc3ccccc32)c1. The van der Waals surface area contributed by atoms with Crippen LogP contribution in [0.4, 0.5) is 0 Å². The Kier molecular flexibility index (Phi) is 3.80. The quantitative estimate of drug-likeness (QED) is 0.511. The van der Waals surface area contributed by atoms with Gasteiger partial charge in [-0.25, -0.2) is 0 Å². The first-order chi connectivity index (χ1) is 13.3. The van der Waals surface area contributed by atoms with Crippen LogP contribution in [0.15, 0.2) is 72.8 Å². The van der Waals surface area contributed by atoms with Gasteiger partial charge in [-0.2, -0.15) is 0 Å². The Morgan fingerprint density at radius 1 is 0.815 bits per heavy atom. The highest BCUT2D eigenvalue weighted by molar-refractivity contribution is 6.09. The Balaban J connectivity index is 1.75. The van der Waals surface area contributed by atoms with E-state index in [1.54, 1.807) is 0 Å². The summed E-state index contributed by atoms with van der Waals surface area (Å²) >= 11 is 0. The van der Waals surface area contributed by atoms with Gasteiger partial charge in [0, 0.05) is 13.0 Å². The third kappa shape index (κ3) is 2.56. The molecule has 1 unspecified atom stereocenters. The third-order valence-corrected chi connectivity index (χ3v) is 5.85.